The van der Waals surface area contributed by atoms with Crippen molar-refractivity contribution < 1.29 is 18.4 Å². The van der Waals surface area contributed by atoms with Gasteiger partial charge in [0.25, 0.3) is 5.91 Å². The number of aromatic nitrogens is 3. The lowest BCUT2D eigenvalue weighted by molar-refractivity contribution is -0.116. The van der Waals surface area contributed by atoms with Crippen molar-refractivity contribution in [1.29, 1.82) is 0 Å². The van der Waals surface area contributed by atoms with Gasteiger partial charge in [0.05, 0.1) is 17.7 Å². The van der Waals surface area contributed by atoms with Crippen LogP contribution in [0.1, 0.15) is 30.2 Å². The summed E-state index contributed by atoms with van der Waals surface area (Å²) < 4.78 is 28.6. The van der Waals surface area contributed by atoms with Crippen molar-refractivity contribution in [3.05, 3.63) is 53.6 Å². The number of hydrogen-bond donors (Lipinski definition) is 1. The standard InChI is InChI=1S/C19H19F2N5O2/c1-11(2)26-17-7-4-12(8-16(17)23-24-26)19(28)25(3)10-18(27)22-15-9-13(20)5-6-14(15)21/h4-9,11H,10H2,1-3H3,(H,22,27). The van der Waals surface area contributed by atoms with Crippen LogP contribution in [-0.2, 0) is 4.79 Å². The van der Waals surface area contributed by atoms with E-state index in [-0.39, 0.29) is 18.3 Å². The number of carbonyl (C=O) groups excluding carboxylic acids is 2. The monoisotopic (exact) mass is 387 g/mol. The molecular formula is C19H19F2N5O2. The molecule has 2 aromatic carbocycles. The quantitative estimate of drug-likeness (QED) is 0.730. The fraction of sp³-hybridized carbons (Fsp3) is 0.263. The van der Waals surface area contributed by atoms with E-state index in [1.54, 1.807) is 22.9 Å². The predicted molar refractivity (Wildman–Crippen MR) is 99.9 cm³/mol. The highest BCUT2D eigenvalue weighted by molar-refractivity contribution is 6.00. The molecule has 0 radical (unpaired) electrons. The summed E-state index contributed by atoms with van der Waals surface area (Å²) in [5.74, 6) is -2.49. The van der Waals surface area contributed by atoms with E-state index in [2.05, 4.69) is 15.6 Å². The number of anilines is 1. The Bertz CT molecular complexity index is 1050. The number of hydrogen-bond acceptors (Lipinski definition) is 4. The molecule has 0 saturated heterocycles. The average molecular weight is 387 g/mol. The number of carbonyl (C=O) groups is 2. The summed E-state index contributed by atoms with van der Waals surface area (Å²) in [5.41, 5.74) is 1.43. The van der Waals surface area contributed by atoms with Crippen LogP contribution < -0.4 is 5.32 Å². The fourth-order valence-electron chi connectivity index (χ4n) is 2.75. The molecule has 3 rings (SSSR count). The van der Waals surface area contributed by atoms with Gasteiger partial charge in [-0.25, -0.2) is 13.5 Å². The summed E-state index contributed by atoms with van der Waals surface area (Å²) in [6.07, 6.45) is 0. The number of likely N-dealkylation sites (N-methyl/N-ethyl adjacent to an activating group) is 1. The third-order valence-corrected chi connectivity index (χ3v) is 4.14. The maximum atomic E-state index is 13.6. The number of amides is 2. The van der Waals surface area contributed by atoms with Crippen LogP contribution in [0, 0.1) is 11.6 Å². The molecule has 7 nitrogen and oxygen atoms in total. The lowest BCUT2D eigenvalue weighted by atomic mass is 10.1. The molecule has 0 fully saturated rings. The Balaban J connectivity index is 1.71. The Morgan fingerprint density at radius 3 is 2.64 bits per heavy atom. The van der Waals surface area contributed by atoms with Crippen molar-refractivity contribution in [3.63, 3.8) is 0 Å². The summed E-state index contributed by atoms with van der Waals surface area (Å²) in [6, 6.07) is 7.85. The normalized spacial score (nSPS) is 11.1. The fourth-order valence-corrected chi connectivity index (χ4v) is 2.75. The van der Waals surface area contributed by atoms with Crippen molar-refractivity contribution in [2.24, 2.45) is 0 Å². The van der Waals surface area contributed by atoms with E-state index in [1.165, 1.54) is 11.9 Å². The number of nitrogens with zero attached hydrogens (tertiary/aromatic N) is 4. The van der Waals surface area contributed by atoms with E-state index in [4.69, 9.17) is 0 Å². The minimum Gasteiger partial charge on any atom is -0.332 e. The number of fused-ring (bicyclic) bond motifs is 1. The van der Waals surface area contributed by atoms with Gasteiger partial charge in [0.15, 0.2) is 0 Å². The van der Waals surface area contributed by atoms with Crippen LogP contribution in [0.3, 0.4) is 0 Å². The largest absolute Gasteiger partial charge is 0.332 e. The lowest BCUT2D eigenvalue weighted by Crippen LogP contribution is -2.35. The molecule has 0 atom stereocenters. The second-order valence-corrected chi connectivity index (χ2v) is 6.66. The molecule has 0 unspecified atom stereocenters. The third-order valence-electron chi connectivity index (χ3n) is 4.14. The van der Waals surface area contributed by atoms with Crippen molar-refractivity contribution in [2.75, 3.05) is 18.9 Å². The minimum atomic E-state index is -0.762. The molecule has 28 heavy (non-hydrogen) atoms. The molecule has 2 amide bonds. The van der Waals surface area contributed by atoms with E-state index in [0.29, 0.717) is 11.1 Å². The van der Waals surface area contributed by atoms with Crippen molar-refractivity contribution in [2.45, 2.75) is 19.9 Å². The number of benzene rings is 2. The number of rotatable bonds is 5. The van der Waals surface area contributed by atoms with Gasteiger partial charge in [-0.3, -0.25) is 9.59 Å². The van der Waals surface area contributed by atoms with E-state index in [0.717, 1.165) is 23.7 Å². The molecule has 3 aromatic rings. The smallest absolute Gasteiger partial charge is 0.254 e. The summed E-state index contributed by atoms with van der Waals surface area (Å²) in [6.45, 7) is 3.62. The minimum absolute atomic E-state index is 0.126. The molecule has 0 bridgehead atoms. The highest BCUT2D eigenvalue weighted by atomic mass is 19.1. The van der Waals surface area contributed by atoms with Gasteiger partial charge in [-0.2, -0.15) is 0 Å². The second-order valence-electron chi connectivity index (χ2n) is 6.66. The first-order valence-corrected chi connectivity index (χ1v) is 8.61. The maximum absolute atomic E-state index is 13.6. The van der Waals surface area contributed by atoms with Crippen LogP contribution >= 0.6 is 0 Å². The SMILES string of the molecule is CC(C)n1nnc2cc(C(=O)N(C)CC(=O)Nc3cc(F)ccc3F)ccc21. The molecule has 1 N–H and O–H groups in total. The molecule has 1 aromatic heterocycles. The Morgan fingerprint density at radius 2 is 1.93 bits per heavy atom. The predicted octanol–water partition coefficient (Wildman–Crippen LogP) is 3.00. The molecule has 0 saturated carbocycles. The average Bonchev–Trinajstić information content (AvgIpc) is 3.07. The molecule has 1 heterocycles. The van der Waals surface area contributed by atoms with Crippen LogP contribution in [0.5, 0.6) is 0 Å². The van der Waals surface area contributed by atoms with Crippen molar-refractivity contribution in [3.8, 4) is 0 Å². The van der Waals surface area contributed by atoms with Crippen LogP contribution in [0.2, 0.25) is 0 Å². The zero-order chi connectivity index (χ0) is 20.4. The first-order chi connectivity index (χ1) is 13.3. The van der Waals surface area contributed by atoms with Crippen molar-refractivity contribution >= 4 is 28.5 Å². The molecule has 0 aliphatic heterocycles. The third kappa shape index (κ3) is 3.98. The van der Waals surface area contributed by atoms with Gasteiger partial charge in [-0.05, 0) is 44.2 Å². The van der Waals surface area contributed by atoms with Crippen LogP contribution in [0.15, 0.2) is 36.4 Å². The van der Waals surface area contributed by atoms with Gasteiger partial charge < -0.3 is 10.2 Å². The van der Waals surface area contributed by atoms with E-state index in [9.17, 15) is 18.4 Å². The zero-order valence-electron chi connectivity index (χ0n) is 15.6. The molecule has 146 valence electrons. The van der Waals surface area contributed by atoms with Crippen LogP contribution in [0.4, 0.5) is 14.5 Å². The Kier molecular flexibility index (Phi) is 5.34. The Morgan fingerprint density at radius 1 is 1.18 bits per heavy atom. The summed E-state index contributed by atoms with van der Waals surface area (Å²) >= 11 is 0. The first kappa shape index (κ1) is 19.4. The molecule has 0 aliphatic carbocycles. The number of nitrogens with one attached hydrogen (secondary N) is 1. The maximum Gasteiger partial charge on any atom is 0.254 e. The van der Waals surface area contributed by atoms with E-state index >= 15 is 0 Å². The highest BCUT2D eigenvalue weighted by Gasteiger charge is 2.18. The van der Waals surface area contributed by atoms with Crippen LogP contribution in [0.25, 0.3) is 11.0 Å². The highest BCUT2D eigenvalue weighted by Crippen LogP contribution is 2.18. The molecule has 0 aliphatic rings. The second kappa shape index (κ2) is 7.71. The van der Waals surface area contributed by atoms with Gasteiger partial charge in [0.1, 0.15) is 17.2 Å². The van der Waals surface area contributed by atoms with Gasteiger partial charge in [0, 0.05) is 24.7 Å². The van der Waals surface area contributed by atoms with Gasteiger partial charge in [-0.1, -0.05) is 5.21 Å². The van der Waals surface area contributed by atoms with Gasteiger partial charge >= 0.3 is 0 Å². The van der Waals surface area contributed by atoms with Gasteiger partial charge in [0.2, 0.25) is 5.91 Å². The van der Waals surface area contributed by atoms with E-state index < -0.39 is 23.4 Å². The lowest BCUT2D eigenvalue weighted by Gasteiger charge is -2.17. The first-order valence-electron chi connectivity index (χ1n) is 8.61. The van der Waals surface area contributed by atoms with Crippen molar-refractivity contribution in [1.82, 2.24) is 19.9 Å². The summed E-state index contributed by atoms with van der Waals surface area (Å²) in [7, 11) is 1.44. The zero-order valence-corrected chi connectivity index (χ0v) is 15.6. The molecule has 0 spiro atoms. The Hall–Kier alpha value is -3.36. The summed E-state index contributed by atoms with van der Waals surface area (Å²) in [4.78, 5) is 25.9. The number of halogens is 2. The molecule has 9 heteroatoms. The Labute approximate surface area is 159 Å². The van der Waals surface area contributed by atoms with E-state index in [1.807, 2.05) is 13.8 Å². The summed E-state index contributed by atoms with van der Waals surface area (Å²) in [5, 5.41) is 10.4. The van der Waals surface area contributed by atoms with Crippen LogP contribution in [-0.4, -0.2) is 45.3 Å². The molecular weight excluding hydrogens is 368 g/mol. The van der Waals surface area contributed by atoms with Gasteiger partial charge in [-0.15, -0.1) is 5.10 Å². The topological polar surface area (TPSA) is 80.1 Å².